The Hall–Kier alpha value is -2.17. The van der Waals surface area contributed by atoms with Gasteiger partial charge in [-0.15, -0.1) is 0 Å². The average Bonchev–Trinajstić information content (AvgIpc) is 3.21. The van der Waals surface area contributed by atoms with E-state index >= 15 is 0 Å². The number of hydrogen-bond donors (Lipinski definition) is 0. The minimum absolute atomic E-state index is 0.227. The van der Waals surface area contributed by atoms with Crippen molar-refractivity contribution < 1.29 is 9.32 Å². The smallest absolute Gasteiger partial charge is 0.227 e. The number of rotatable bonds is 5. The molecular formula is C23H31N3O2. The Balaban J connectivity index is 1.31. The van der Waals surface area contributed by atoms with Crippen LogP contribution in [-0.4, -0.2) is 34.0 Å². The minimum Gasteiger partial charge on any atom is -0.342 e. The maximum absolute atomic E-state index is 12.7. The fourth-order valence-electron chi connectivity index (χ4n) is 4.69. The fraction of sp³-hybridized carbons (Fsp3) is 0.609. The number of carbonyl (C=O) groups is 1. The summed E-state index contributed by atoms with van der Waals surface area (Å²) in [6.45, 7) is 6.21. The standard InChI is InChI=1S/C23H31N3O2/c1-16(2)17-7-9-19(10-8-17)23-24-21(28-25-23)11-12-22(27)26-14-13-18-5-3-4-6-20(18)15-26/h7-10,16,18,20H,3-6,11-15H2,1-2H3/t18-,20+/m1/s1. The number of benzene rings is 1. The first kappa shape index (κ1) is 19.2. The Labute approximate surface area is 167 Å². The number of aryl methyl sites for hydroxylation is 1. The molecule has 0 N–H and O–H groups in total. The van der Waals surface area contributed by atoms with E-state index in [1.54, 1.807) is 0 Å². The molecule has 2 fully saturated rings. The molecule has 1 saturated heterocycles. The molecule has 1 amide bonds. The van der Waals surface area contributed by atoms with E-state index in [-0.39, 0.29) is 5.91 Å². The monoisotopic (exact) mass is 381 g/mol. The molecule has 0 bridgehead atoms. The largest absolute Gasteiger partial charge is 0.342 e. The van der Waals surface area contributed by atoms with Crippen LogP contribution in [0, 0.1) is 11.8 Å². The highest BCUT2D eigenvalue weighted by molar-refractivity contribution is 5.76. The zero-order valence-electron chi connectivity index (χ0n) is 17.1. The molecule has 2 aliphatic rings. The Bertz CT molecular complexity index is 796. The summed E-state index contributed by atoms with van der Waals surface area (Å²) < 4.78 is 5.39. The van der Waals surface area contributed by atoms with Gasteiger partial charge in [0.05, 0.1) is 0 Å². The number of carbonyl (C=O) groups excluding carboxylic acids is 1. The van der Waals surface area contributed by atoms with Crippen molar-refractivity contribution >= 4 is 5.91 Å². The molecule has 1 saturated carbocycles. The van der Waals surface area contributed by atoms with Crippen molar-refractivity contribution in [1.29, 1.82) is 0 Å². The van der Waals surface area contributed by atoms with Crippen LogP contribution in [0.25, 0.3) is 11.4 Å². The molecule has 1 aliphatic heterocycles. The topological polar surface area (TPSA) is 59.2 Å². The number of nitrogens with zero attached hydrogens (tertiary/aromatic N) is 3. The van der Waals surface area contributed by atoms with Crippen LogP contribution >= 0.6 is 0 Å². The molecular weight excluding hydrogens is 350 g/mol. The molecule has 4 rings (SSSR count). The molecule has 1 aromatic carbocycles. The quantitative estimate of drug-likeness (QED) is 0.744. The summed E-state index contributed by atoms with van der Waals surface area (Å²) in [6.07, 6.45) is 7.48. The summed E-state index contributed by atoms with van der Waals surface area (Å²) in [7, 11) is 0. The third-order valence-electron chi connectivity index (χ3n) is 6.50. The van der Waals surface area contributed by atoms with Crippen molar-refractivity contribution in [2.24, 2.45) is 11.8 Å². The molecule has 0 spiro atoms. The summed E-state index contributed by atoms with van der Waals surface area (Å²) >= 11 is 0. The van der Waals surface area contributed by atoms with Gasteiger partial charge in [-0.05, 0) is 36.2 Å². The zero-order valence-corrected chi connectivity index (χ0v) is 17.1. The normalized spacial score (nSPS) is 22.3. The molecule has 2 aromatic rings. The van der Waals surface area contributed by atoms with E-state index in [9.17, 15) is 4.79 Å². The molecule has 0 radical (unpaired) electrons. The molecule has 5 heteroatoms. The summed E-state index contributed by atoms with van der Waals surface area (Å²) in [5.74, 6) is 3.43. The van der Waals surface area contributed by atoms with Gasteiger partial charge in [0, 0.05) is 31.5 Å². The second-order valence-electron chi connectivity index (χ2n) is 8.72. The van der Waals surface area contributed by atoms with Crippen molar-refractivity contribution in [2.45, 2.75) is 64.7 Å². The van der Waals surface area contributed by atoms with Crippen molar-refractivity contribution in [3.63, 3.8) is 0 Å². The number of fused-ring (bicyclic) bond motifs is 1. The Morgan fingerprint density at radius 2 is 1.89 bits per heavy atom. The van der Waals surface area contributed by atoms with Crippen LogP contribution in [0.2, 0.25) is 0 Å². The van der Waals surface area contributed by atoms with Crippen molar-refractivity contribution in [3.05, 3.63) is 35.7 Å². The Kier molecular flexibility index (Phi) is 5.79. The van der Waals surface area contributed by atoms with Gasteiger partial charge >= 0.3 is 0 Å². The van der Waals surface area contributed by atoms with Gasteiger partial charge in [0.25, 0.3) is 0 Å². The third kappa shape index (κ3) is 4.29. The van der Waals surface area contributed by atoms with E-state index in [0.717, 1.165) is 30.5 Å². The molecule has 2 atom stereocenters. The van der Waals surface area contributed by atoms with Crippen LogP contribution in [0.5, 0.6) is 0 Å². The van der Waals surface area contributed by atoms with Gasteiger partial charge in [-0.1, -0.05) is 62.5 Å². The third-order valence-corrected chi connectivity index (χ3v) is 6.50. The number of likely N-dealkylation sites (tertiary alicyclic amines) is 1. The second kappa shape index (κ2) is 8.46. The fourth-order valence-corrected chi connectivity index (χ4v) is 4.69. The number of aromatic nitrogens is 2. The molecule has 5 nitrogen and oxygen atoms in total. The minimum atomic E-state index is 0.227. The SMILES string of the molecule is CC(C)c1ccc(-c2noc(CCC(=O)N3CC[C@H]4CCCC[C@H]4C3)n2)cc1. The first-order valence-electron chi connectivity index (χ1n) is 10.8. The first-order valence-corrected chi connectivity index (χ1v) is 10.8. The van der Waals surface area contributed by atoms with E-state index in [4.69, 9.17) is 4.52 Å². The highest BCUT2D eigenvalue weighted by Gasteiger charge is 2.32. The van der Waals surface area contributed by atoms with Crippen LogP contribution in [0.3, 0.4) is 0 Å². The molecule has 1 aliphatic carbocycles. The Morgan fingerprint density at radius 1 is 1.14 bits per heavy atom. The number of hydrogen-bond acceptors (Lipinski definition) is 4. The maximum Gasteiger partial charge on any atom is 0.227 e. The molecule has 2 heterocycles. The summed E-state index contributed by atoms with van der Waals surface area (Å²) in [6, 6.07) is 8.27. The van der Waals surface area contributed by atoms with E-state index in [2.05, 4.69) is 41.0 Å². The predicted molar refractivity (Wildman–Crippen MR) is 109 cm³/mol. The molecule has 1 aromatic heterocycles. The van der Waals surface area contributed by atoms with Gasteiger partial charge in [-0.2, -0.15) is 4.98 Å². The predicted octanol–water partition coefficient (Wildman–Crippen LogP) is 4.83. The van der Waals surface area contributed by atoms with Crippen LogP contribution in [0.4, 0.5) is 0 Å². The lowest BCUT2D eigenvalue weighted by atomic mass is 9.75. The van der Waals surface area contributed by atoms with Crippen LogP contribution in [0.1, 0.15) is 69.7 Å². The molecule has 0 unspecified atom stereocenters. The lowest BCUT2D eigenvalue weighted by Gasteiger charge is -2.41. The van der Waals surface area contributed by atoms with Crippen LogP contribution < -0.4 is 0 Å². The second-order valence-corrected chi connectivity index (χ2v) is 8.72. The highest BCUT2D eigenvalue weighted by Crippen LogP contribution is 2.36. The lowest BCUT2D eigenvalue weighted by Crippen LogP contribution is -2.44. The summed E-state index contributed by atoms with van der Waals surface area (Å²) in [4.78, 5) is 19.2. The lowest BCUT2D eigenvalue weighted by molar-refractivity contribution is -0.134. The van der Waals surface area contributed by atoms with E-state index in [1.807, 2.05) is 12.1 Å². The van der Waals surface area contributed by atoms with Gasteiger partial charge in [-0.3, -0.25) is 4.79 Å². The average molecular weight is 382 g/mol. The molecule has 150 valence electrons. The van der Waals surface area contributed by atoms with Crippen LogP contribution in [0.15, 0.2) is 28.8 Å². The van der Waals surface area contributed by atoms with Crippen molar-refractivity contribution in [1.82, 2.24) is 15.0 Å². The van der Waals surface area contributed by atoms with Gasteiger partial charge in [0.15, 0.2) is 0 Å². The van der Waals surface area contributed by atoms with Gasteiger partial charge < -0.3 is 9.42 Å². The molecule has 28 heavy (non-hydrogen) atoms. The van der Waals surface area contributed by atoms with E-state index in [1.165, 1.54) is 37.7 Å². The van der Waals surface area contributed by atoms with Crippen molar-refractivity contribution in [2.75, 3.05) is 13.1 Å². The first-order chi connectivity index (χ1) is 13.6. The zero-order chi connectivity index (χ0) is 19.5. The number of amides is 1. The van der Waals surface area contributed by atoms with Crippen molar-refractivity contribution in [3.8, 4) is 11.4 Å². The van der Waals surface area contributed by atoms with Gasteiger partial charge in [0.2, 0.25) is 17.6 Å². The Morgan fingerprint density at radius 3 is 2.64 bits per heavy atom. The summed E-state index contributed by atoms with van der Waals surface area (Å²) in [5, 5.41) is 4.09. The van der Waals surface area contributed by atoms with Gasteiger partial charge in [0.1, 0.15) is 0 Å². The summed E-state index contributed by atoms with van der Waals surface area (Å²) in [5.41, 5.74) is 2.24. The van der Waals surface area contributed by atoms with E-state index < -0.39 is 0 Å². The van der Waals surface area contributed by atoms with E-state index in [0.29, 0.717) is 30.5 Å². The number of piperidine rings is 1. The maximum atomic E-state index is 12.7. The van der Waals surface area contributed by atoms with Gasteiger partial charge in [-0.25, -0.2) is 0 Å². The highest BCUT2D eigenvalue weighted by atomic mass is 16.5. The van der Waals surface area contributed by atoms with Crippen LogP contribution in [-0.2, 0) is 11.2 Å².